The highest BCUT2D eigenvalue weighted by Crippen LogP contribution is 2.23. The minimum atomic E-state index is -1.24. The first kappa shape index (κ1) is 15.6. The lowest BCUT2D eigenvalue weighted by atomic mass is 11.5. The molecule has 0 aromatic carbocycles. The Labute approximate surface area is 99.9 Å². The first-order chi connectivity index (χ1) is 6.28. The van der Waals surface area contributed by atoms with E-state index in [9.17, 15) is 0 Å². The Morgan fingerprint density at radius 1 is 0.667 bits per heavy atom. The van der Waals surface area contributed by atoms with Gasteiger partial charge in [-0.2, -0.15) is 9.01 Å². The van der Waals surface area contributed by atoms with E-state index in [4.69, 9.17) is 0 Å². The van der Waals surface area contributed by atoms with E-state index in [1.165, 1.54) is 0 Å². The van der Waals surface area contributed by atoms with E-state index < -0.39 is 24.7 Å². The second-order valence-electron chi connectivity index (χ2n) is 7.35. The molecule has 0 aromatic rings. The zero-order valence-corrected chi connectivity index (χ0v) is 15.4. The fourth-order valence-corrected chi connectivity index (χ4v) is 16.3. The second kappa shape index (κ2) is 4.44. The maximum atomic E-state index is 2.80. The molecule has 0 heterocycles. The number of rotatable bonds is 4. The van der Waals surface area contributed by atoms with Crippen LogP contribution in [0.5, 0.6) is 0 Å². The summed E-state index contributed by atoms with van der Waals surface area (Å²) in [5.74, 6) is 0. The fraction of sp³-hybridized carbons (Fsp3) is 1.00. The summed E-state index contributed by atoms with van der Waals surface area (Å²) in [4.78, 5) is 0. The average molecular weight is 263 g/mol. The third-order valence-corrected chi connectivity index (χ3v) is 12.2. The predicted molar refractivity (Wildman–Crippen MR) is 79.9 cm³/mol. The van der Waals surface area contributed by atoms with Crippen LogP contribution in [0, 0.1) is 0 Å². The number of hydrazine groups is 1. The van der Waals surface area contributed by atoms with Crippen LogP contribution in [0.2, 0.25) is 58.9 Å². The van der Waals surface area contributed by atoms with Crippen molar-refractivity contribution < 1.29 is 0 Å². The normalized spacial score (nSPS) is 15.2. The van der Waals surface area contributed by atoms with Crippen molar-refractivity contribution in [3.63, 3.8) is 0 Å². The molecule has 91 valence electrons. The highest BCUT2D eigenvalue weighted by atomic mass is 28.4. The lowest BCUT2D eigenvalue weighted by Gasteiger charge is -2.44. The molecule has 0 atom stereocenters. The van der Waals surface area contributed by atoms with Crippen molar-refractivity contribution in [2.24, 2.45) is 0 Å². The second-order valence-corrected chi connectivity index (χ2v) is 22.3. The van der Waals surface area contributed by atoms with Crippen LogP contribution in [0.15, 0.2) is 0 Å². The van der Waals surface area contributed by atoms with Gasteiger partial charge in [-0.3, -0.25) is 0 Å². The maximum absolute atomic E-state index is 2.80. The summed E-state index contributed by atoms with van der Waals surface area (Å²) >= 11 is 0. The van der Waals surface area contributed by atoms with E-state index in [1.807, 2.05) is 0 Å². The van der Waals surface area contributed by atoms with Gasteiger partial charge in [0.1, 0.15) is 7.05 Å². The van der Waals surface area contributed by atoms with Gasteiger partial charge >= 0.3 is 8.24 Å². The molecule has 0 fully saturated rings. The monoisotopic (exact) mass is 262 g/mol. The van der Waals surface area contributed by atoms with E-state index in [1.54, 1.807) is 0 Å². The van der Waals surface area contributed by atoms with Crippen LogP contribution in [0.25, 0.3) is 0 Å². The standard InChI is InChI=1S/C10H30N2Si3/c1-11(13(2,3)4)12(14(5,6)7)15(8,9)10/h1-10H3/q+1. The third-order valence-electron chi connectivity index (χ3n) is 2.54. The topological polar surface area (TPSA) is 9.14 Å². The lowest BCUT2D eigenvalue weighted by Crippen LogP contribution is -2.73. The molecule has 0 rings (SSSR count). The predicted octanol–water partition coefficient (Wildman–Crippen LogP) is 3.48. The van der Waals surface area contributed by atoms with Gasteiger partial charge in [-0.1, -0.05) is 39.3 Å². The third kappa shape index (κ3) is 4.52. The highest BCUT2D eigenvalue weighted by molar-refractivity contribution is 6.91. The minimum absolute atomic E-state index is 1.21. The summed E-state index contributed by atoms with van der Waals surface area (Å²) in [6.45, 7) is 22.1. The highest BCUT2D eigenvalue weighted by Gasteiger charge is 2.49. The van der Waals surface area contributed by atoms with Crippen molar-refractivity contribution in [1.29, 1.82) is 0 Å². The summed E-state index contributed by atoms with van der Waals surface area (Å²) < 4.78 is 5.41. The molecular formula is C10H30N2Si3+. The lowest BCUT2D eigenvalue weighted by molar-refractivity contribution is 0.402. The Morgan fingerprint density at radius 3 is 1.00 bits per heavy atom. The SMILES string of the molecule is C[N+](N([Si](C)(C)C)[Si](C)(C)C)[Si](C)(C)C. The van der Waals surface area contributed by atoms with Crippen molar-refractivity contribution in [1.82, 2.24) is 9.01 Å². The Morgan fingerprint density at radius 2 is 0.933 bits per heavy atom. The van der Waals surface area contributed by atoms with E-state index >= 15 is 0 Å². The molecule has 0 aliphatic rings. The van der Waals surface area contributed by atoms with E-state index in [0.717, 1.165) is 0 Å². The molecule has 0 spiro atoms. The van der Waals surface area contributed by atoms with Gasteiger partial charge in [0.15, 0.2) is 16.5 Å². The van der Waals surface area contributed by atoms with Crippen molar-refractivity contribution in [2.45, 2.75) is 58.9 Å². The number of hydrogen-bond donors (Lipinski definition) is 0. The Balaban J connectivity index is 5.16. The van der Waals surface area contributed by atoms with E-state index in [0.29, 0.717) is 0 Å². The minimum Gasteiger partial charge on any atom is -0.186 e. The maximum Gasteiger partial charge on any atom is 0.341 e. The molecule has 0 aliphatic heterocycles. The quantitative estimate of drug-likeness (QED) is 0.557. The smallest absolute Gasteiger partial charge is 0.186 e. The fourth-order valence-electron chi connectivity index (χ4n) is 2.21. The Bertz CT molecular complexity index is 196. The van der Waals surface area contributed by atoms with Crippen LogP contribution in [0.4, 0.5) is 0 Å². The van der Waals surface area contributed by atoms with Gasteiger partial charge in [0.05, 0.1) is 0 Å². The summed E-state index contributed by atoms with van der Waals surface area (Å²) in [6.07, 6.45) is 0. The molecule has 0 saturated carbocycles. The molecule has 5 heteroatoms. The molecule has 0 N–H and O–H groups in total. The summed E-state index contributed by atoms with van der Waals surface area (Å²) in [5, 5.41) is 0. The van der Waals surface area contributed by atoms with Crippen molar-refractivity contribution in [2.75, 3.05) is 7.05 Å². The van der Waals surface area contributed by atoms with Crippen LogP contribution in [0.3, 0.4) is 0 Å². The molecule has 0 bridgehead atoms. The molecule has 1 radical (unpaired) electrons. The average Bonchev–Trinajstić information content (AvgIpc) is 1.76. The molecule has 0 unspecified atom stereocenters. The number of nitrogens with zero attached hydrogens (tertiary/aromatic N) is 2. The van der Waals surface area contributed by atoms with Gasteiger partial charge < -0.3 is 0 Å². The zero-order chi connectivity index (χ0) is 12.7. The first-order valence-corrected chi connectivity index (χ1v) is 16.2. The zero-order valence-electron chi connectivity index (χ0n) is 12.4. The number of hydrogen-bond acceptors (Lipinski definition) is 2. The Kier molecular flexibility index (Phi) is 4.61. The van der Waals surface area contributed by atoms with Gasteiger partial charge in [0, 0.05) is 0 Å². The van der Waals surface area contributed by atoms with Gasteiger partial charge in [0.25, 0.3) is 0 Å². The van der Waals surface area contributed by atoms with E-state index in [-0.39, 0.29) is 0 Å². The molecule has 2 nitrogen and oxygen atoms in total. The molecule has 0 amide bonds. The van der Waals surface area contributed by atoms with Crippen LogP contribution in [-0.2, 0) is 0 Å². The van der Waals surface area contributed by atoms with Crippen LogP contribution in [0.1, 0.15) is 0 Å². The van der Waals surface area contributed by atoms with Gasteiger partial charge in [0.2, 0.25) is 0 Å². The molecule has 0 aromatic heterocycles. The molecule has 0 saturated heterocycles. The first-order valence-electron chi connectivity index (χ1n) is 5.82. The summed E-state index contributed by atoms with van der Waals surface area (Å²) in [5.41, 5.74) is 0. The van der Waals surface area contributed by atoms with Crippen molar-refractivity contribution >= 4 is 24.7 Å². The summed E-state index contributed by atoms with van der Waals surface area (Å²) in [7, 11) is -1.38. The molecule has 0 aliphatic carbocycles. The van der Waals surface area contributed by atoms with Crippen LogP contribution >= 0.6 is 0 Å². The van der Waals surface area contributed by atoms with Gasteiger partial charge in [-0.15, -0.1) is 0 Å². The van der Waals surface area contributed by atoms with Gasteiger partial charge in [-0.05, 0) is 19.6 Å². The summed E-state index contributed by atoms with van der Waals surface area (Å²) in [6, 6.07) is 0. The molecular weight excluding hydrogens is 232 g/mol. The largest absolute Gasteiger partial charge is 0.341 e. The van der Waals surface area contributed by atoms with Crippen molar-refractivity contribution in [3.05, 3.63) is 0 Å². The Hall–Kier alpha value is 0.571. The van der Waals surface area contributed by atoms with E-state index in [2.05, 4.69) is 75.0 Å². The van der Waals surface area contributed by atoms with Crippen molar-refractivity contribution in [3.8, 4) is 0 Å². The van der Waals surface area contributed by atoms with Crippen LogP contribution in [-0.4, -0.2) is 36.1 Å². The molecule has 15 heavy (non-hydrogen) atoms. The van der Waals surface area contributed by atoms with Gasteiger partial charge in [-0.25, -0.2) is 0 Å². The van der Waals surface area contributed by atoms with Crippen LogP contribution < -0.4 is 4.67 Å².